The van der Waals surface area contributed by atoms with Gasteiger partial charge >= 0.3 is 0 Å². The van der Waals surface area contributed by atoms with Crippen LogP contribution in [0, 0.1) is 24.7 Å². The molecular formula is C10H10. The lowest BCUT2D eigenvalue weighted by Gasteiger charge is -1.99. The topological polar surface area (TPSA) is 0 Å². The van der Waals surface area contributed by atoms with Crippen molar-refractivity contribution >= 4 is 0 Å². The predicted molar refractivity (Wildman–Crippen MR) is 45.2 cm³/mol. The quantitative estimate of drug-likeness (QED) is 0.405. The first-order valence-corrected chi connectivity index (χ1v) is 2.95. The van der Waals surface area contributed by atoms with Crippen LogP contribution in [-0.2, 0) is 0 Å². The van der Waals surface area contributed by atoms with Gasteiger partial charge in [0, 0.05) is 12.8 Å². The molecule has 0 aliphatic carbocycles. The van der Waals surface area contributed by atoms with Crippen molar-refractivity contribution in [3.8, 4) is 24.7 Å². The molecule has 0 aliphatic heterocycles. The van der Waals surface area contributed by atoms with E-state index in [2.05, 4.69) is 25.0 Å². The third-order valence-corrected chi connectivity index (χ3v) is 1.13. The molecule has 0 heterocycles. The first kappa shape index (κ1) is 8.60. The van der Waals surface area contributed by atoms with Crippen molar-refractivity contribution in [3.63, 3.8) is 0 Å². The van der Waals surface area contributed by atoms with Gasteiger partial charge in [-0.2, -0.15) is 0 Å². The first-order chi connectivity index (χ1) is 4.72. The summed E-state index contributed by atoms with van der Waals surface area (Å²) in [6.45, 7) is 7.45. The molecule has 0 bridgehead atoms. The molecule has 0 spiro atoms. The maximum Gasteiger partial charge on any atom is 0.0334 e. The summed E-state index contributed by atoms with van der Waals surface area (Å²) in [5.41, 5.74) is 1.72. The highest BCUT2D eigenvalue weighted by Gasteiger charge is 1.94. The molecule has 0 saturated carbocycles. The number of terminal acetylenes is 2. The Hall–Kier alpha value is -1.40. The minimum absolute atomic E-state index is 0.542. The second kappa shape index (κ2) is 4.48. The lowest BCUT2D eigenvalue weighted by molar-refractivity contribution is 1.20. The van der Waals surface area contributed by atoms with E-state index in [0.717, 1.165) is 11.1 Å². The van der Waals surface area contributed by atoms with Crippen LogP contribution in [0.5, 0.6) is 0 Å². The normalized spacial score (nSPS) is 7.40. The molecule has 0 radical (unpaired) electrons. The van der Waals surface area contributed by atoms with Crippen molar-refractivity contribution < 1.29 is 0 Å². The van der Waals surface area contributed by atoms with Gasteiger partial charge in [-0.25, -0.2) is 0 Å². The van der Waals surface area contributed by atoms with E-state index in [-0.39, 0.29) is 0 Å². The Kier molecular flexibility index (Phi) is 3.85. The van der Waals surface area contributed by atoms with Crippen LogP contribution in [-0.4, -0.2) is 0 Å². The van der Waals surface area contributed by atoms with Gasteiger partial charge in [0.05, 0.1) is 0 Å². The maximum absolute atomic E-state index is 5.06. The van der Waals surface area contributed by atoms with Crippen molar-refractivity contribution in [1.29, 1.82) is 0 Å². The molecule has 0 heteroatoms. The summed E-state index contributed by atoms with van der Waals surface area (Å²) in [7, 11) is 0. The molecule has 0 N–H and O–H groups in total. The third kappa shape index (κ3) is 2.80. The average Bonchev–Trinajstić information content (AvgIpc) is 1.89. The van der Waals surface area contributed by atoms with Crippen molar-refractivity contribution in [3.05, 3.63) is 24.3 Å². The minimum atomic E-state index is 0.542. The van der Waals surface area contributed by atoms with E-state index in [4.69, 9.17) is 12.8 Å². The Morgan fingerprint density at radius 3 is 1.50 bits per heavy atom. The summed E-state index contributed by atoms with van der Waals surface area (Å²) >= 11 is 0. The summed E-state index contributed by atoms with van der Waals surface area (Å²) in [5.74, 6) is 4.96. The fourth-order valence-corrected chi connectivity index (χ4v) is 0.496. The lowest BCUT2D eigenvalue weighted by atomic mass is 10.0. The molecule has 0 aromatic rings. The second-order valence-electron chi connectivity index (χ2n) is 1.97. The fraction of sp³-hybridized carbons (Fsp3) is 0.200. The van der Waals surface area contributed by atoms with Gasteiger partial charge in [0.25, 0.3) is 0 Å². The zero-order valence-corrected chi connectivity index (χ0v) is 5.98. The van der Waals surface area contributed by atoms with E-state index >= 15 is 0 Å². The van der Waals surface area contributed by atoms with E-state index in [1.807, 2.05) is 0 Å². The molecule has 0 aromatic carbocycles. The van der Waals surface area contributed by atoms with Gasteiger partial charge in [-0.1, -0.05) is 13.2 Å². The summed E-state index contributed by atoms with van der Waals surface area (Å²) in [4.78, 5) is 0. The Labute approximate surface area is 62.6 Å². The number of hydrogen-bond donors (Lipinski definition) is 0. The summed E-state index contributed by atoms with van der Waals surface area (Å²) in [6, 6.07) is 0. The Morgan fingerprint density at radius 1 is 1.00 bits per heavy atom. The summed E-state index contributed by atoms with van der Waals surface area (Å²) < 4.78 is 0. The van der Waals surface area contributed by atoms with E-state index in [1.54, 1.807) is 0 Å². The highest BCUT2D eigenvalue weighted by Crippen LogP contribution is 2.11. The van der Waals surface area contributed by atoms with E-state index in [1.165, 1.54) is 0 Å². The Bertz CT molecular complexity index is 191. The third-order valence-electron chi connectivity index (χ3n) is 1.13. The molecule has 0 amide bonds. The van der Waals surface area contributed by atoms with Gasteiger partial charge in [-0.3, -0.25) is 0 Å². The van der Waals surface area contributed by atoms with Crippen LogP contribution in [0.4, 0.5) is 0 Å². The van der Waals surface area contributed by atoms with Crippen LogP contribution in [0.2, 0.25) is 0 Å². The van der Waals surface area contributed by atoms with Crippen LogP contribution >= 0.6 is 0 Å². The second-order valence-corrected chi connectivity index (χ2v) is 1.97. The smallest absolute Gasteiger partial charge is 0.0334 e. The van der Waals surface area contributed by atoms with Crippen molar-refractivity contribution in [2.45, 2.75) is 12.8 Å². The van der Waals surface area contributed by atoms with Gasteiger partial charge in [0.15, 0.2) is 0 Å². The highest BCUT2D eigenvalue weighted by molar-refractivity contribution is 5.31. The van der Waals surface area contributed by atoms with Crippen LogP contribution in [0.25, 0.3) is 0 Å². The highest BCUT2D eigenvalue weighted by atomic mass is 14.0. The monoisotopic (exact) mass is 130 g/mol. The largest absolute Gasteiger partial charge is 0.120 e. The Morgan fingerprint density at radius 2 is 1.30 bits per heavy atom. The van der Waals surface area contributed by atoms with Gasteiger partial charge in [0.2, 0.25) is 0 Å². The molecular weight excluding hydrogens is 120 g/mol. The lowest BCUT2D eigenvalue weighted by Crippen LogP contribution is -1.83. The number of allylic oxidation sites excluding steroid dienone is 2. The molecule has 10 heavy (non-hydrogen) atoms. The predicted octanol–water partition coefficient (Wildman–Crippen LogP) is 2.15. The summed E-state index contributed by atoms with van der Waals surface area (Å²) in [5, 5.41) is 0. The zero-order valence-electron chi connectivity index (χ0n) is 5.98. The van der Waals surface area contributed by atoms with E-state index < -0.39 is 0 Å². The molecule has 0 fully saturated rings. The van der Waals surface area contributed by atoms with Crippen molar-refractivity contribution in [2.75, 3.05) is 0 Å². The van der Waals surface area contributed by atoms with Crippen molar-refractivity contribution in [2.24, 2.45) is 0 Å². The van der Waals surface area contributed by atoms with E-state index in [0.29, 0.717) is 12.8 Å². The minimum Gasteiger partial charge on any atom is -0.120 e. The standard InChI is InChI=1S/C10H10/c1-5-7-9(3)10(4)8-6-2/h1-2H,3-4,7-8H2. The van der Waals surface area contributed by atoms with Crippen LogP contribution in [0.15, 0.2) is 24.3 Å². The number of rotatable bonds is 3. The summed E-state index contributed by atoms with van der Waals surface area (Å²) in [6.07, 6.45) is 11.2. The molecule has 0 saturated heterocycles. The molecule has 50 valence electrons. The zero-order chi connectivity index (χ0) is 7.98. The van der Waals surface area contributed by atoms with Gasteiger partial charge in [-0.05, 0) is 11.1 Å². The molecule has 0 aliphatic rings. The maximum atomic E-state index is 5.06. The first-order valence-electron chi connectivity index (χ1n) is 2.95. The van der Waals surface area contributed by atoms with Crippen molar-refractivity contribution in [1.82, 2.24) is 0 Å². The molecule has 0 atom stereocenters. The molecule has 0 rings (SSSR count). The Balaban J connectivity index is 3.89. The van der Waals surface area contributed by atoms with Gasteiger partial charge < -0.3 is 0 Å². The average molecular weight is 130 g/mol. The van der Waals surface area contributed by atoms with E-state index in [9.17, 15) is 0 Å². The van der Waals surface area contributed by atoms with Gasteiger partial charge in [0.1, 0.15) is 0 Å². The van der Waals surface area contributed by atoms with Gasteiger partial charge in [-0.15, -0.1) is 24.7 Å². The van der Waals surface area contributed by atoms with Crippen LogP contribution in [0.3, 0.4) is 0 Å². The number of hydrogen-bond acceptors (Lipinski definition) is 0. The fourth-order valence-electron chi connectivity index (χ4n) is 0.496. The SMILES string of the molecule is C#CCC(=C)C(=C)CC#C. The molecule has 0 unspecified atom stereocenters. The molecule has 0 aromatic heterocycles. The van der Waals surface area contributed by atoms with Crippen LogP contribution < -0.4 is 0 Å². The molecule has 0 nitrogen and oxygen atoms in total. The van der Waals surface area contributed by atoms with Crippen LogP contribution in [0.1, 0.15) is 12.8 Å².